The fourth-order valence-corrected chi connectivity index (χ4v) is 5.09. The zero-order valence-electron chi connectivity index (χ0n) is 22.1. The number of aryl methyl sites for hydroxylation is 2. The highest BCUT2D eigenvalue weighted by Gasteiger charge is 2.29. The zero-order chi connectivity index (χ0) is 27.0. The molecular weight excluding hydrogens is 484 g/mol. The molecule has 0 bridgehead atoms. The Kier molecular flexibility index (Phi) is 6.73. The van der Waals surface area contributed by atoms with Crippen molar-refractivity contribution in [3.8, 4) is 5.75 Å². The number of amides is 1. The van der Waals surface area contributed by atoms with Crippen molar-refractivity contribution in [1.82, 2.24) is 10.3 Å². The van der Waals surface area contributed by atoms with Crippen molar-refractivity contribution in [2.75, 3.05) is 0 Å². The molecule has 2 heterocycles. The van der Waals surface area contributed by atoms with Crippen LogP contribution in [0, 0.1) is 6.92 Å². The largest absolute Gasteiger partial charge is 0.444 e. The number of fused-ring (bicyclic) bond motifs is 4. The van der Waals surface area contributed by atoms with Gasteiger partial charge in [-0.15, -0.1) is 0 Å². The van der Waals surface area contributed by atoms with E-state index in [0.717, 1.165) is 40.4 Å². The number of para-hydroxylation sites is 1. The standard InChI is InChI=1S/C30H32N2O6/c1-17-13-24-26(20-10-5-6-11-21(20)27(33)36-24)25(14-17)37-28(34)23(32-29(35)38-30(2,3)4)15-18-16-31-22-12-8-7-9-19(18)22/h7-9,12-14,16,23,31H,5-6,10-11,15H2,1-4H3,(H,32,35)/t23-/m1/s1. The first-order valence-corrected chi connectivity index (χ1v) is 12.9. The van der Waals surface area contributed by atoms with Crippen LogP contribution in [-0.2, 0) is 28.8 Å². The van der Waals surface area contributed by atoms with Gasteiger partial charge in [0.2, 0.25) is 0 Å². The average Bonchev–Trinajstić information content (AvgIpc) is 3.25. The predicted octanol–water partition coefficient (Wildman–Crippen LogP) is 5.50. The Morgan fingerprint density at radius 1 is 1.11 bits per heavy atom. The minimum Gasteiger partial charge on any atom is -0.444 e. The molecule has 2 aromatic carbocycles. The van der Waals surface area contributed by atoms with Gasteiger partial charge in [-0.2, -0.15) is 0 Å². The van der Waals surface area contributed by atoms with E-state index in [1.165, 1.54) is 0 Å². The van der Waals surface area contributed by atoms with E-state index in [9.17, 15) is 14.4 Å². The van der Waals surface area contributed by atoms with Crippen LogP contribution < -0.4 is 15.7 Å². The van der Waals surface area contributed by atoms with Gasteiger partial charge >= 0.3 is 17.7 Å². The summed E-state index contributed by atoms with van der Waals surface area (Å²) in [6.07, 6.45) is 4.51. The monoisotopic (exact) mass is 516 g/mol. The Balaban J connectivity index is 1.51. The van der Waals surface area contributed by atoms with Crippen LogP contribution in [0.2, 0.25) is 0 Å². The van der Waals surface area contributed by atoms with Gasteiger partial charge in [-0.05, 0) is 88.3 Å². The van der Waals surface area contributed by atoms with E-state index >= 15 is 0 Å². The number of esters is 1. The number of aromatic amines is 1. The molecule has 8 heteroatoms. The lowest BCUT2D eigenvalue weighted by atomic mass is 9.90. The van der Waals surface area contributed by atoms with Crippen LogP contribution in [0.15, 0.2) is 51.8 Å². The van der Waals surface area contributed by atoms with Gasteiger partial charge in [0.05, 0.1) is 5.39 Å². The molecule has 1 atom stereocenters. The third kappa shape index (κ3) is 5.30. The van der Waals surface area contributed by atoms with Crippen LogP contribution in [0.3, 0.4) is 0 Å². The van der Waals surface area contributed by atoms with E-state index in [1.54, 1.807) is 32.9 Å². The fraction of sp³-hybridized carbons (Fsp3) is 0.367. The molecule has 0 fully saturated rings. The summed E-state index contributed by atoms with van der Waals surface area (Å²) < 4.78 is 17.1. The second-order valence-corrected chi connectivity index (χ2v) is 10.9. The van der Waals surface area contributed by atoms with Crippen molar-refractivity contribution in [3.05, 3.63) is 75.3 Å². The molecule has 5 rings (SSSR count). The van der Waals surface area contributed by atoms with E-state index in [-0.39, 0.29) is 12.0 Å². The van der Waals surface area contributed by atoms with Gasteiger partial charge in [-0.25, -0.2) is 14.4 Å². The number of H-pyrrole nitrogens is 1. The molecule has 4 aromatic rings. The maximum Gasteiger partial charge on any atom is 0.408 e. The first-order valence-electron chi connectivity index (χ1n) is 12.9. The van der Waals surface area contributed by atoms with Gasteiger partial charge in [0.1, 0.15) is 23.0 Å². The Morgan fingerprint density at radius 2 is 1.84 bits per heavy atom. The molecule has 0 spiro atoms. The molecule has 2 aromatic heterocycles. The second kappa shape index (κ2) is 10.0. The molecule has 1 aliphatic carbocycles. The third-order valence-corrected chi connectivity index (χ3v) is 6.71. The molecule has 1 amide bonds. The quantitative estimate of drug-likeness (QED) is 0.206. The lowest BCUT2D eigenvalue weighted by Crippen LogP contribution is -2.46. The van der Waals surface area contributed by atoms with Gasteiger partial charge in [-0.1, -0.05) is 18.2 Å². The summed E-state index contributed by atoms with van der Waals surface area (Å²) in [7, 11) is 0. The Hall–Kier alpha value is -4.07. The maximum absolute atomic E-state index is 13.7. The van der Waals surface area contributed by atoms with Gasteiger partial charge in [0.25, 0.3) is 0 Å². The first kappa shape index (κ1) is 25.6. The number of carbonyl (C=O) groups excluding carboxylic acids is 2. The van der Waals surface area contributed by atoms with Crippen molar-refractivity contribution in [2.45, 2.75) is 71.4 Å². The normalized spacial score (nSPS) is 14.2. The van der Waals surface area contributed by atoms with Crippen LogP contribution >= 0.6 is 0 Å². The predicted molar refractivity (Wildman–Crippen MR) is 145 cm³/mol. The molecule has 0 aliphatic heterocycles. The average molecular weight is 517 g/mol. The molecule has 0 unspecified atom stereocenters. The van der Waals surface area contributed by atoms with E-state index in [2.05, 4.69) is 10.3 Å². The highest BCUT2D eigenvalue weighted by atomic mass is 16.6. The Morgan fingerprint density at radius 3 is 2.61 bits per heavy atom. The molecule has 1 aliphatic rings. The van der Waals surface area contributed by atoms with E-state index in [0.29, 0.717) is 35.1 Å². The van der Waals surface area contributed by atoms with Gasteiger partial charge in [-0.3, -0.25) is 0 Å². The lowest BCUT2D eigenvalue weighted by Gasteiger charge is -2.23. The van der Waals surface area contributed by atoms with Crippen molar-refractivity contribution >= 4 is 33.9 Å². The number of rotatable bonds is 5. The summed E-state index contributed by atoms with van der Waals surface area (Å²) in [4.78, 5) is 42.2. The molecule has 0 saturated heterocycles. The number of carbonyl (C=O) groups is 2. The Labute approximate surface area is 220 Å². The SMILES string of the molecule is Cc1cc(OC(=O)[C@@H](Cc2c[nH]c3ccccc23)NC(=O)OC(C)(C)C)c2c3c(c(=O)oc2c1)CCCC3. The van der Waals surface area contributed by atoms with Gasteiger partial charge < -0.3 is 24.2 Å². The van der Waals surface area contributed by atoms with E-state index in [4.69, 9.17) is 13.9 Å². The number of ether oxygens (including phenoxy) is 2. The molecule has 0 radical (unpaired) electrons. The summed E-state index contributed by atoms with van der Waals surface area (Å²) in [6, 6.07) is 10.3. The number of hydrogen-bond donors (Lipinski definition) is 2. The molecule has 38 heavy (non-hydrogen) atoms. The van der Waals surface area contributed by atoms with Crippen molar-refractivity contribution in [1.29, 1.82) is 0 Å². The Bertz CT molecular complexity index is 1590. The van der Waals surface area contributed by atoms with Crippen LogP contribution in [0.1, 0.15) is 55.9 Å². The summed E-state index contributed by atoms with van der Waals surface area (Å²) in [6.45, 7) is 7.12. The summed E-state index contributed by atoms with van der Waals surface area (Å²) in [5.41, 5.74) is 3.42. The van der Waals surface area contributed by atoms with Crippen LogP contribution in [0.5, 0.6) is 5.75 Å². The van der Waals surface area contributed by atoms with Crippen LogP contribution in [0.25, 0.3) is 21.9 Å². The van der Waals surface area contributed by atoms with Crippen molar-refractivity contribution < 1.29 is 23.5 Å². The van der Waals surface area contributed by atoms with Crippen LogP contribution in [0.4, 0.5) is 4.79 Å². The highest BCUT2D eigenvalue weighted by Crippen LogP contribution is 2.35. The lowest BCUT2D eigenvalue weighted by molar-refractivity contribution is -0.136. The van der Waals surface area contributed by atoms with Gasteiger partial charge in [0.15, 0.2) is 0 Å². The zero-order valence-corrected chi connectivity index (χ0v) is 22.1. The minimum absolute atomic E-state index is 0.193. The third-order valence-electron chi connectivity index (χ3n) is 6.71. The van der Waals surface area contributed by atoms with E-state index < -0.39 is 23.7 Å². The number of nitrogens with one attached hydrogen (secondary N) is 2. The number of alkyl carbamates (subject to hydrolysis) is 1. The second-order valence-electron chi connectivity index (χ2n) is 10.9. The summed E-state index contributed by atoms with van der Waals surface area (Å²) in [5, 5.41) is 4.30. The van der Waals surface area contributed by atoms with Crippen molar-refractivity contribution in [2.24, 2.45) is 0 Å². The first-order chi connectivity index (χ1) is 18.1. The number of hydrogen-bond acceptors (Lipinski definition) is 6. The molecule has 0 saturated carbocycles. The smallest absolute Gasteiger partial charge is 0.408 e. The topological polar surface area (TPSA) is 111 Å². The summed E-state index contributed by atoms with van der Waals surface area (Å²) in [5.74, 6) is -0.314. The van der Waals surface area contributed by atoms with E-state index in [1.807, 2.05) is 37.4 Å². The van der Waals surface area contributed by atoms with Crippen molar-refractivity contribution in [3.63, 3.8) is 0 Å². The highest BCUT2D eigenvalue weighted by molar-refractivity contribution is 5.93. The minimum atomic E-state index is -1.02. The van der Waals surface area contributed by atoms with Crippen LogP contribution in [-0.4, -0.2) is 28.7 Å². The molecule has 8 nitrogen and oxygen atoms in total. The number of aromatic nitrogens is 1. The molecular formula is C30H32N2O6. The maximum atomic E-state index is 13.7. The molecule has 2 N–H and O–H groups in total. The fourth-order valence-electron chi connectivity index (χ4n) is 5.09. The summed E-state index contributed by atoms with van der Waals surface area (Å²) >= 11 is 0. The number of benzene rings is 2. The van der Waals surface area contributed by atoms with Gasteiger partial charge in [0, 0.05) is 29.1 Å². The molecule has 198 valence electrons.